The van der Waals surface area contributed by atoms with Gasteiger partial charge in [0.25, 0.3) is 5.91 Å². The van der Waals surface area contributed by atoms with E-state index in [-0.39, 0.29) is 5.91 Å². The Morgan fingerprint density at radius 3 is 2.80 bits per heavy atom. The quantitative estimate of drug-likeness (QED) is 0.835. The predicted octanol–water partition coefficient (Wildman–Crippen LogP) is 2.68. The van der Waals surface area contributed by atoms with E-state index in [2.05, 4.69) is 16.8 Å². The van der Waals surface area contributed by atoms with Crippen molar-refractivity contribution >= 4 is 22.9 Å². The number of anilines is 1. The molecule has 1 fully saturated rings. The first-order chi connectivity index (χ1) is 12.2. The number of carbonyl (C=O) groups is 1. The standard InChI is InChI=1S/C20H24N2O2S/c1-2-24-16-7-5-15(6-8-16)21-19(23)13-22-11-9-18-17(10-12-25-18)20(22)14-3-4-14/h5-8,10,12,14,20H,2-4,9,11,13H2,1H3,(H,21,23)/p+1/t20-/m0/s1. The molecule has 2 aliphatic rings. The van der Waals surface area contributed by atoms with Crippen LogP contribution in [0.5, 0.6) is 5.75 Å². The van der Waals surface area contributed by atoms with Crippen molar-refractivity contribution in [2.45, 2.75) is 32.2 Å². The van der Waals surface area contributed by atoms with Crippen molar-refractivity contribution in [3.8, 4) is 5.75 Å². The van der Waals surface area contributed by atoms with Crippen LogP contribution in [0.4, 0.5) is 5.69 Å². The van der Waals surface area contributed by atoms with E-state index in [4.69, 9.17) is 4.74 Å². The van der Waals surface area contributed by atoms with Gasteiger partial charge in [0.2, 0.25) is 0 Å². The van der Waals surface area contributed by atoms with E-state index in [1.165, 1.54) is 28.2 Å². The predicted molar refractivity (Wildman–Crippen MR) is 100 cm³/mol. The molecule has 1 aliphatic heterocycles. The van der Waals surface area contributed by atoms with Gasteiger partial charge in [-0.1, -0.05) is 0 Å². The molecule has 132 valence electrons. The summed E-state index contributed by atoms with van der Waals surface area (Å²) in [5.41, 5.74) is 2.34. The second kappa shape index (κ2) is 7.18. The van der Waals surface area contributed by atoms with E-state index < -0.39 is 0 Å². The molecule has 0 radical (unpaired) electrons. The van der Waals surface area contributed by atoms with Crippen LogP contribution < -0.4 is 15.0 Å². The second-order valence-electron chi connectivity index (χ2n) is 6.95. The first kappa shape index (κ1) is 16.6. The Balaban J connectivity index is 1.40. The number of carbonyl (C=O) groups excluding carboxylic acids is 1. The highest BCUT2D eigenvalue weighted by Gasteiger charge is 2.43. The van der Waals surface area contributed by atoms with E-state index >= 15 is 0 Å². The summed E-state index contributed by atoms with van der Waals surface area (Å²) in [7, 11) is 0. The van der Waals surface area contributed by atoms with Crippen LogP contribution in [0.25, 0.3) is 0 Å². The Labute approximate surface area is 152 Å². The van der Waals surface area contributed by atoms with Crippen LogP contribution in [0, 0.1) is 5.92 Å². The van der Waals surface area contributed by atoms with Crippen LogP contribution in [0.2, 0.25) is 0 Å². The molecule has 0 bridgehead atoms. The normalized spacial score (nSPS) is 22.3. The first-order valence-corrected chi connectivity index (χ1v) is 10.1. The molecular formula is C20H25N2O2S+. The molecule has 1 unspecified atom stereocenters. The molecule has 2 heterocycles. The number of thiophene rings is 1. The van der Waals surface area contributed by atoms with Gasteiger partial charge in [-0.2, -0.15) is 0 Å². The summed E-state index contributed by atoms with van der Waals surface area (Å²) in [5, 5.41) is 5.25. The van der Waals surface area contributed by atoms with Crippen LogP contribution in [0.15, 0.2) is 35.7 Å². The zero-order valence-electron chi connectivity index (χ0n) is 14.6. The zero-order valence-corrected chi connectivity index (χ0v) is 15.4. The highest BCUT2D eigenvalue weighted by Crippen LogP contribution is 2.42. The molecule has 1 aromatic heterocycles. The average Bonchev–Trinajstić information content (AvgIpc) is 3.33. The van der Waals surface area contributed by atoms with Crippen LogP contribution in [-0.4, -0.2) is 25.6 Å². The highest BCUT2D eigenvalue weighted by atomic mass is 32.1. The molecule has 2 N–H and O–H groups in total. The molecule has 5 heteroatoms. The number of nitrogens with one attached hydrogen (secondary N) is 2. The maximum atomic E-state index is 12.6. The van der Waals surface area contributed by atoms with Gasteiger partial charge in [0.05, 0.1) is 13.2 Å². The number of fused-ring (bicyclic) bond motifs is 1. The zero-order chi connectivity index (χ0) is 17.2. The van der Waals surface area contributed by atoms with E-state index in [0.29, 0.717) is 19.2 Å². The summed E-state index contributed by atoms with van der Waals surface area (Å²) in [6.45, 7) is 4.22. The molecule has 4 nitrogen and oxygen atoms in total. The van der Waals surface area contributed by atoms with Crippen LogP contribution in [0.1, 0.15) is 36.2 Å². The van der Waals surface area contributed by atoms with E-state index in [1.807, 2.05) is 42.5 Å². The number of amides is 1. The minimum atomic E-state index is 0.100. The van der Waals surface area contributed by atoms with Gasteiger partial charge in [-0.25, -0.2) is 0 Å². The molecule has 1 saturated carbocycles. The first-order valence-electron chi connectivity index (χ1n) is 9.18. The molecule has 0 saturated heterocycles. The molecule has 25 heavy (non-hydrogen) atoms. The lowest BCUT2D eigenvalue weighted by Crippen LogP contribution is -3.14. The maximum Gasteiger partial charge on any atom is 0.279 e. The van der Waals surface area contributed by atoms with Crippen LogP contribution in [-0.2, 0) is 11.2 Å². The van der Waals surface area contributed by atoms with Crippen LogP contribution >= 0.6 is 11.3 Å². The number of rotatable bonds is 6. The van der Waals surface area contributed by atoms with E-state index in [1.54, 1.807) is 0 Å². The van der Waals surface area contributed by atoms with Crippen molar-refractivity contribution in [3.63, 3.8) is 0 Å². The Bertz CT molecular complexity index is 736. The van der Waals surface area contributed by atoms with Crippen molar-refractivity contribution in [1.82, 2.24) is 0 Å². The van der Waals surface area contributed by atoms with Crippen molar-refractivity contribution in [1.29, 1.82) is 0 Å². The third-order valence-electron chi connectivity index (χ3n) is 5.16. The molecule has 2 aromatic rings. The molecule has 4 rings (SSSR count). The van der Waals surface area contributed by atoms with Gasteiger partial charge in [-0.15, -0.1) is 11.3 Å². The van der Waals surface area contributed by atoms with Gasteiger partial charge >= 0.3 is 0 Å². The Kier molecular flexibility index (Phi) is 4.77. The van der Waals surface area contributed by atoms with Gasteiger partial charge in [0, 0.05) is 28.5 Å². The van der Waals surface area contributed by atoms with Crippen molar-refractivity contribution in [2.75, 3.05) is 25.0 Å². The van der Waals surface area contributed by atoms with Crippen molar-refractivity contribution in [2.24, 2.45) is 5.92 Å². The van der Waals surface area contributed by atoms with Crippen LogP contribution in [0.3, 0.4) is 0 Å². The van der Waals surface area contributed by atoms with E-state index in [0.717, 1.165) is 30.3 Å². The van der Waals surface area contributed by atoms with Gasteiger partial charge in [0.1, 0.15) is 11.8 Å². The SMILES string of the molecule is CCOc1ccc(NC(=O)C[NH+]2CCc3sccc3[C@@H]2C2CC2)cc1. The monoisotopic (exact) mass is 357 g/mol. The number of hydrogen-bond donors (Lipinski definition) is 2. The molecule has 1 aromatic carbocycles. The minimum Gasteiger partial charge on any atom is -0.494 e. The lowest BCUT2D eigenvalue weighted by Gasteiger charge is -2.32. The van der Waals surface area contributed by atoms with E-state index in [9.17, 15) is 4.79 Å². The Hall–Kier alpha value is -1.85. The molecule has 0 spiro atoms. The topological polar surface area (TPSA) is 42.8 Å². The molecular weight excluding hydrogens is 332 g/mol. The summed E-state index contributed by atoms with van der Waals surface area (Å²) < 4.78 is 5.44. The summed E-state index contributed by atoms with van der Waals surface area (Å²) in [4.78, 5) is 15.5. The fourth-order valence-corrected chi connectivity index (χ4v) is 4.84. The van der Waals surface area contributed by atoms with Gasteiger partial charge in [0.15, 0.2) is 6.54 Å². The van der Waals surface area contributed by atoms with Gasteiger partial charge < -0.3 is 15.0 Å². The van der Waals surface area contributed by atoms with Gasteiger partial charge in [-0.05, 0) is 55.5 Å². The molecule has 1 aliphatic carbocycles. The number of quaternary nitrogens is 1. The Morgan fingerprint density at radius 2 is 2.08 bits per heavy atom. The maximum absolute atomic E-state index is 12.6. The summed E-state index contributed by atoms with van der Waals surface area (Å²) >= 11 is 1.88. The third-order valence-corrected chi connectivity index (χ3v) is 6.15. The third kappa shape index (κ3) is 3.72. The molecule has 1 amide bonds. The summed E-state index contributed by atoms with van der Waals surface area (Å²) in [5.74, 6) is 1.70. The number of benzene rings is 1. The summed E-state index contributed by atoms with van der Waals surface area (Å²) in [6, 6.07) is 10.4. The fraction of sp³-hybridized carbons (Fsp3) is 0.450. The fourth-order valence-electron chi connectivity index (χ4n) is 3.91. The second-order valence-corrected chi connectivity index (χ2v) is 7.96. The van der Waals surface area contributed by atoms with Crippen molar-refractivity contribution < 1.29 is 14.4 Å². The lowest BCUT2D eigenvalue weighted by molar-refractivity contribution is -0.928. The lowest BCUT2D eigenvalue weighted by atomic mass is 9.96. The average molecular weight is 357 g/mol. The summed E-state index contributed by atoms with van der Waals surface area (Å²) in [6.07, 6.45) is 3.72. The smallest absolute Gasteiger partial charge is 0.279 e. The highest BCUT2D eigenvalue weighted by molar-refractivity contribution is 7.10. The molecule has 2 atom stereocenters. The minimum absolute atomic E-state index is 0.100. The van der Waals surface area contributed by atoms with Gasteiger partial charge in [-0.3, -0.25) is 4.79 Å². The number of ether oxygens (including phenoxy) is 1. The number of hydrogen-bond acceptors (Lipinski definition) is 3. The largest absolute Gasteiger partial charge is 0.494 e. The Morgan fingerprint density at radius 1 is 1.28 bits per heavy atom. The van der Waals surface area contributed by atoms with Crippen molar-refractivity contribution in [3.05, 3.63) is 46.2 Å².